The Morgan fingerprint density at radius 2 is 1.48 bits per heavy atom. The van der Waals surface area contributed by atoms with E-state index in [1.165, 1.54) is 64.8 Å². The molecular formula is C28H36O. The monoisotopic (exact) mass is 388 g/mol. The van der Waals surface area contributed by atoms with Crippen molar-refractivity contribution < 1.29 is 4.74 Å². The summed E-state index contributed by atoms with van der Waals surface area (Å²) in [6, 6.07) is 18.2. The van der Waals surface area contributed by atoms with Crippen molar-refractivity contribution in [3.63, 3.8) is 0 Å². The highest BCUT2D eigenvalue weighted by atomic mass is 16.5. The zero-order chi connectivity index (χ0) is 20.6. The van der Waals surface area contributed by atoms with Crippen LogP contribution >= 0.6 is 0 Å². The van der Waals surface area contributed by atoms with E-state index in [4.69, 9.17) is 4.74 Å². The number of aryl methyl sites for hydroxylation is 1. The fourth-order valence-electron chi connectivity index (χ4n) is 5.08. The van der Waals surface area contributed by atoms with Gasteiger partial charge in [0.1, 0.15) is 0 Å². The third kappa shape index (κ3) is 4.36. The van der Waals surface area contributed by atoms with Crippen molar-refractivity contribution >= 4 is 21.5 Å². The topological polar surface area (TPSA) is 9.23 Å². The first-order chi connectivity index (χ1) is 13.9. The maximum atomic E-state index is 6.68. The summed E-state index contributed by atoms with van der Waals surface area (Å²) in [6.07, 6.45) is 6.73. The van der Waals surface area contributed by atoms with Crippen LogP contribution < -0.4 is 0 Å². The Bertz CT molecular complexity index is 992. The summed E-state index contributed by atoms with van der Waals surface area (Å²) in [6.45, 7) is 11.4. The molecule has 1 nitrogen and oxygen atoms in total. The molecule has 0 radical (unpaired) electrons. The average Bonchev–Trinajstić information content (AvgIpc) is 2.71. The Morgan fingerprint density at radius 1 is 0.862 bits per heavy atom. The summed E-state index contributed by atoms with van der Waals surface area (Å²) in [5.41, 5.74) is 2.33. The van der Waals surface area contributed by atoms with Gasteiger partial charge in [-0.2, -0.15) is 0 Å². The first-order valence-corrected chi connectivity index (χ1v) is 11.5. The van der Waals surface area contributed by atoms with Crippen LogP contribution in [-0.2, 0) is 10.3 Å². The lowest BCUT2D eigenvalue weighted by Crippen LogP contribution is -2.32. The van der Waals surface area contributed by atoms with Crippen molar-refractivity contribution in [1.29, 1.82) is 0 Å². The molecule has 1 saturated carbocycles. The van der Waals surface area contributed by atoms with Crippen molar-refractivity contribution in [2.24, 2.45) is 11.8 Å². The van der Waals surface area contributed by atoms with Crippen molar-refractivity contribution in [1.82, 2.24) is 0 Å². The minimum atomic E-state index is -0.260. The highest BCUT2D eigenvalue weighted by molar-refractivity contribution is 5.98. The summed E-state index contributed by atoms with van der Waals surface area (Å²) < 4.78 is 6.68. The van der Waals surface area contributed by atoms with Crippen molar-refractivity contribution in [2.45, 2.75) is 78.4 Å². The maximum absolute atomic E-state index is 6.68. The van der Waals surface area contributed by atoms with Gasteiger partial charge >= 0.3 is 0 Å². The molecule has 154 valence electrons. The van der Waals surface area contributed by atoms with Gasteiger partial charge in [0.05, 0.1) is 11.7 Å². The third-order valence-corrected chi connectivity index (χ3v) is 7.28. The molecule has 1 aliphatic carbocycles. The van der Waals surface area contributed by atoms with Crippen LogP contribution in [0.1, 0.15) is 70.9 Å². The predicted octanol–water partition coefficient (Wildman–Crippen LogP) is 8.16. The number of ether oxygens (including phenoxy) is 1. The molecule has 1 heteroatoms. The smallest absolute Gasteiger partial charge is 0.0879 e. The third-order valence-electron chi connectivity index (χ3n) is 7.28. The molecule has 0 aromatic heterocycles. The molecule has 0 spiro atoms. The van der Waals surface area contributed by atoms with Crippen molar-refractivity contribution in [3.8, 4) is 0 Å². The van der Waals surface area contributed by atoms with E-state index in [-0.39, 0.29) is 5.60 Å². The van der Waals surface area contributed by atoms with Gasteiger partial charge in [-0.1, -0.05) is 56.2 Å². The van der Waals surface area contributed by atoms with Crippen LogP contribution in [0.5, 0.6) is 0 Å². The van der Waals surface area contributed by atoms with E-state index in [9.17, 15) is 0 Å². The van der Waals surface area contributed by atoms with Crippen LogP contribution in [0.15, 0.2) is 48.5 Å². The Morgan fingerprint density at radius 3 is 2.14 bits per heavy atom. The summed E-state index contributed by atoms with van der Waals surface area (Å²) >= 11 is 0. The van der Waals surface area contributed by atoms with E-state index in [0.717, 1.165) is 11.8 Å². The van der Waals surface area contributed by atoms with Crippen molar-refractivity contribution in [2.75, 3.05) is 0 Å². The molecule has 0 N–H and O–H groups in total. The van der Waals surface area contributed by atoms with Gasteiger partial charge in [-0.3, -0.25) is 0 Å². The number of fused-ring (bicyclic) bond motifs is 2. The Hall–Kier alpha value is -1.86. The highest BCUT2D eigenvalue weighted by Crippen LogP contribution is 2.37. The van der Waals surface area contributed by atoms with Gasteiger partial charge in [0.2, 0.25) is 0 Å². The molecule has 1 unspecified atom stereocenters. The fourth-order valence-corrected chi connectivity index (χ4v) is 5.08. The van der Waals surface area contributed by atoms with Gasteiger partial charge in [-0.15, -0.1) is 0 Å². The molecule has 0 bridgehead atoms. The van der Waals surface area contributed by atoms with Crippen LogP contribution in [0.4, 0.5) is 0 Å². The molecule has 0 aliphatic heterocycles. The van der Waals surface area contributed by atoms with Gasteiger partial charge in [0.25, 0.3) is 0 Å². The van der Waals surface area contributed by atoms with Gasteiger partial charge in [0, 0.05) is 0 Å². The molecule has 4 rings (SSSR count). The minimum Gasteiger partial charge on any atom is -0.368 e. The standard InChI is InChI=1S/C28H36O/c1-6-20(3)21-10-13-27(14-11-21)29-28(4,5)26-12-9-23-16-24-15-19(2)7-8-22(24)17-25(23)18-26/h7-9,12,15-18,20-21,27H,6,10-11,13-14H2,1-5H3. The van der Waals surface area contributed by atoms with Crippen LogP contribution in [0, 0.1) is 18.8 Å². The second kappa shape index (κ2) is 8.11. The van der Waals surface area contributed by atoms with Crippen LogP contribution in [0.3, 0.4) is 0 Å². The van der Waals surface area contributed by atoms with E-state index in [2.05, 4.69) is 83.1 Å². The number of rotatable bonds is 5. The Balaban J connectivity index is 1.53. The second-order valence-corrected chi connectivity index (χ2v) is 9.82. The van der Waals surface area contributed by atoms with E-state index in [0.29, 0.717) is 6.10 Å². The predicted molar refractivity (Wildman–Crippen MR) is 126 cm³/mol. The average molecular weight is 389 g/mol. The van der Waals surface area contributed by atoms with Crippen LogP contribution in [0.2, 0.25) is 0 Å². The zero-order valence-electron chi connectivity index (χ0n) is 18.8. The first-order valence-electron chi connectivity index (χ1n) is 11.5. The molecule has 0 heterocycles. The number of hydrogen-bond donors (Lipinski definition) is 0. The van der Waals surface area contributed by atoms with Crippen LogP contribution in [0.25, 0.3) is 21.5 Å². The Kier molecular flexibility index (Phi) is 5.71. The van der Waals surface area contributed by atoms with E-state index < -0.39 is 0 Å². The lowest BCUT2D eigenvalue weighted by molar-refractivity contribution is -0.0954. The molecule has 1 aliphatic rings. The van der Waals surface area contributed by atoms with Gasteiger partial charge in [-0.05, 0) is 104 Å². The molecular weight excluding hydrogens is 352 g/mol. The van der Waals surface area contributed by atoms with Crippen molar-refractivity contribution in [3.05, 3.63) is 59.7 Å². The second-order valence-electron chi connectivity index (χ2n) is 9.82. The zero-order valence-corrected chi connectivity index (χ0v) is 18.8. The quantitative estimate of drug-likeness (QED) is 0.401. The number of benzene rings is 3. The lowest BCUT2D eigenvalue weighted by Gasteiger charge is -2.37. The highest BCUT2D eigenvalue weighted by Gasteiger charge is 2.30. The molecule has 1 atom stereocenters. The summed E-state index contributed by atoms with van der Waals surface area (Å²) in [7, 11) is 0. The lowest BCUT2D eigenvalue weighted by atomic mass is 9.78. The normalized spacial score (nSPS) is 21.6. The summed E-state index contributed by atoms with van der Waals surface area (Å²) in [5, 5.41) is 5.23. The van der Waals surface area contributed by atoms with E-state index >= 15 is 0 Å². The van der Waals surface area contributed by atoms with Gasteiger partial charge in [0.15, 0.2) is 0 Å². The molecule has 29 heavy (non-hydrogen) atoms. The molecule has 3 aromatic rings. The van der Waals surface area contributed by atoms with Crippen LogP contribution in [-0.4, -0.2) is 6.10 Å². The SMILES string of the molecule is CCC(C)C1CCC(OC(C)(C)c2ccc3cc4cc(C)ccc4cc3c2)CC1. The molecule has 0 saturated heterocycles. The first kappa shape index (κ1) is 20.4. The maximum Gasteiger partial charge on any atom is 0.0879 e. The summed E-state index contributed by atoms with van der Waals surface area (Å²) in [5.74, 6) is 1.74. The molecule has 1 fully saturated rings. The minimum absolute atomic E-state index is 0.260. The van der Waals surface area contributed by atoms with E-state index in [1.54, 1.807) is 0 Å². The summed E-state index contributed by atoms with van der Waals surface area (Å²) in [4.78, 5) is 0. The van der Waals surface area contributed by atoms with Gasteiger partial charge in [-0.25, -0.2) is 0 Å². The fraction of sp³-hybridized carbons (Fsp3) is 0.500. The molecule has 0 amide bonds. The Labute approximate surface area is 176 Å². The largest absolute Gasteiger partial charge is 0.368 e. The number of hydrogen-bond acceptors (Lipinski definition) is 1. The van der Waals surface area contributed by atoms with E-state index in [1.807, 2.05) is 0 Å². The van der Waals surface area contributed by atoms with Gasteiger partial charge < -0.3 is 4.74 Å². The molecule has 3 aromatic carbocycles.